The smallest absolute Gasteiger partial charge is 0.248 e. The first-order valence-corrected chi connectivity index (χ1v) is 10.9. The van der Waals surface area contributed by atoms with E-state index < -0.39 is 6.04 Å². The molecule has 154 valence electrons. The number of hydrogen-bond acceptors (Lipinski definition) is 3. The molecule has 1 N–H and O–H groups in total. The first-order valence-electron chi connectivity index (χ1n) is 10.5. The van der Waals surface area contributed by atoms with E-state index in [0.29, 0.717) is 17.1 Å². The molecule has 5 nitrogen and oxygen atoms in total. The van der Waals surface area contributed by atoms with Crippen LogP contribution in [-0.4, -0.2) is 28.7 Å². The second-order valence-corrected chi connectivity index (χ2v) is 9.07. The maximum absolute atomic E-state index is 13.3. The zero-order valence-corrected chi connectivity index (χ0v) is 17.2. The Kier molecular flexibility index (Phi) is 4.86. The number of nitrogens with zero attached hydrogens (tertiary/aromatic N) is 1. The highest BCUT2D eigenvalue weighted by molar-refractivity contribution is 6.30. The molecule has 0 unspecified atom stereocenters. The van der Waals surface area contributed by atoms with Crippen molar-refractivity contribution in [2.75, 3.05) is 5.32 Å². The number of carbonyl (C=O) groups excluding carboxylic acids is 3. The Morgan fingerprint density at radius 2 is 1.67 bits per heavy atom. The molecule has 2 aromatic carbocycles. The molecule has 5 rings (SSSR count). The second-order valence-electron chi connectivity index (χ2n) is 8.64. The number of likely N-dealkylation sites (tertiary alicyclic amines) is 1. The van der Waals surface area contributed by atoms with Gasteiger partial charge in [-0.05, 0) is 54.9 Å². The largest absolute Gasteiger partial charge is 0.324 e. The Bertz CT molecular complexity index is 981. The number of fused-ring (bicyclic) bond motifs is 5. The van der Waals surface area contributed by atoms with Crippen LogP contribution in [0, 0.1) is 23.7 Å². The predicted octanol–water partition coefficient (Wildman–Crippen LogP) is 3.92. The lowest BCUT2D eigenvalue weighted by atomic mass is 9.81. The van der Waals surface area contributed by atoms with Crippen molar-refractivity contribution in [3.63, 3.8) is 0 Å². The molecule has 30 heavy (non-hydrogen) atoms. The van der Waals surface area contributed by atoms with E-state index in [1.165, 1.54) is 4.90 Å². The Morgan fingerprint density at radius 3 is 2.30 bits per heavy atom. The third kappa shape index (κ3) is 3.21. The average Bonchev–Trinajstić information content (AvgIpc) is 3.41. The third-order valence-corrected chi connectivity index (χ3v) is 7.18. The highest BCUT2D eigenvalue weighted by atomic mass is 35.5. The molecule has 1 heterocycles. The molecule has 5 atom stereocenters. The molecule has 2 bridgehead atoms. The summed E-state index contributed by atoms with van der Waals surface area (Å²) in [5.41, 5.74) is 1.45. The molecule has 2 aliphatic carbocycles. The maximum Gasteiger partial charge on any atom is 0.248 e. The van der Waals surface area contributed by atoms with Gasteiger partial charge in [-0.3, -0.25) is 19.3 Å². The topological polar surface area (TPSA) is 66.5 Å². The van der Waals surface area contributed by atoms with E-state index in [9.17, 15) is 14.4 Å². The van der Waals surface area contributed by atoms with Crippen LogP contribution in [-0.2, 0) is 20.8 Å². The summed E-state index contributed by atoms with van der Waals surface area (Å²) < 4.78 is 0. The number of halogens is 1. The number of nitrogens with one attached hydrogen (secondary N) is 1. The van der Waals surface area contributed by atoms with E-state index in [-0.39, 0.29) is 41.4 Å². The monoisotopic (exact) mass is 422 g/mol. The molecular formula is C24H23ClN2O3. The Balaban J connectivity index is 1.46. The van der Waals surface area contributed by atoms with Crippen molar-refractivity contribution in [2.45, 2.75) is 31.7 Å². The highest BCUT2D eigenvalue weighted by Gasteiger charge is 2.62. The van der Waals surface area contributed by atoms with Crippen molar-refractivity contribution in [2.24, 2.45) is 23.7 Å². The minimum Gasteiger partial charge on any atom is -0.324 e. The van der Waals surface area contributed by atoms with Crippen LogP contribution < -0.4 is 5.32 Å². The molecule has 3 amide bonds. The lowest BCUT2D eigenvalue weighted by Gasteiger charge is -2.27. The fourth-order valence-corrected chi connectivity index (χ4v) is 5.86. The summed E-state index contributed by atoms with van der Waals surface area (Å²) in [6.07, 6.45) is 3.28. The molecule has 0 aromatic heterocycles. The number of anilines is 1. The fourth-order valence-electron chi connectivity index (χ4n) is 5.67. The molecule has 1 saturated heterocycles. The minimum absolute atomic E-state index is 0.167. The Labute approximate surface area is 180 Å². The molecular weight excluding hydrogens is 400 g/mol. The molecule has 3 aliphatic rings. The summed E-state index contributed by atoms with van der Waals surface area (Å²) in [6.45, 7) is 0. The van der Waals surface area contributed by atoms with E-state index in [1.54, 1.807) is 24.3 Å². The molecule has 0 radical (unpaired) electrons. The van der Waals surface area contributed by atoms with Gasteiger partial charge in [0.1, 0.15) is 6.04 Å². The van der Waals surface area contributed by atoms with Crippen LogP contribution in [0.3, 0.4) is 0 Å². The van der Waals surface area contributed by atoms with Gasteiger partial charge in [-0.25, -0.2) is 0 Å². The van der Waals surface area contributed by atoms with Gasteiger partial charge in [0.2, 0.25) is 17.7 Å². The summed E-state index contributed by atoms with van der Waals surface area (Å²) in [6, 6.07) is 15.5. The zero-order valence-electron chi connectivity index (χ0n) is 16.5. The number of benzene rings is 2. The third-order valence-electron chi connectivity index (χ3n) is 6.94. The van der Waals surface area contributed by atoms with Gasteiger partial charge in [0.05, 0.1) is 11.8 Å². The number of carbonyl (C=O) groups is 3. The molecule has 2 saturated carbocycles. The first-order chi connectivity index (χ1) is 14.5. The van der Waals surface area contributed by atoms with Gasteiger partial charge in [0.15, 0.2) is 0 Å². The van der Waals surface area contributed by atoms with Crippen LogP contribution in [0.25, 0.3) is 0 Å². The first kappa shape index (κ1) is 19.3. The van der Waals surface area contributed by atoms with Gasteiger partial charge in [-0.15, -0.1) is 0 Å². The standard InChI is InChI=1S/C24H23ClN2O3/c25-17-7-4-8-18(13-17)26-22(28)19(11-14-5-2-1-3-6-14)27-23(29)20-15-9-10-16(12-15)21(20)24(27)30/h1-8,13,15-16,19-21H,9-12H2,(H,26,28)/t15-,16-,19-,20+,21+/m1/s1. The van der Waals surface area contributed by atoms with Gasteiger partial charge in [0.25, 0.3) is 0 Å². The number of imide groups is 1. The van der Waals surface area contributed by atoms with E-state index >= 15 is 0 Å². The van der Waals surface area contributed by atoms with Gasteiger partial charge in [0, 0.05) is 17.1 Å². The van der Waals surface area contributed by atoms with Crippen molar-refractivity contribution in [1.82, 2.24) is 4.90 Å². The van der Waals surface area contributed by atoms with Crippen molar-refractivity contribution in [1.29, 1.82) is 0 Å². The number of hydrogen-bond donors (Lipinski definition) is 1. The quantitative estimate of drug-likeness (QED) is 0.742. The summed E-state index contributed by atoms with van der Waals surface area (Å²) in [7, 11) is 0. The Hall–Kier alpha value is -2.66. The van der Waals surface area contributed by atoms with E-state index in [4.69, 9.17) is 11.6 Å². The van der Waals surface area contributed by atoms with Crippen LogP contribution in [0.4, 0.5) is 5.69 Å². The van der Waals surface area contributed by atoms with Crippen LogP contribution in [0.5, 0.6) is 0 Å². The Morgan fingerprint density at radius 1 is 1.00 bits per heavy atom. The maximum atomic E-state index is 13.3. The summed E-state index contributed by atoms with van der Waals surface area (Å²) in [5.74, 6) is -0.611. The molecule has 0 spiro atoms. The predicted molar refractivity (Wildman–Crippen MR) is 114 cm³/mol. The lowest BCUT2D eigenvalue weighted by molar-refractivity contribution is -0.147. The van der Waals surface area contributed by atoms with Crippen LogP contribution in [0.2, 0.25) is 5.02 Å². The van der Waals surface area contributed by atoms with Crippen molar-refractivity contribution in [3.05, 3.63) is 65.2 Å². The SMILES string of the molecule is O=C(Nc1cccc(Cl)c1)[C@@H](Cc1ccccc1)N1C(=O)[C@H]2[C@@H]3CC[C@H](C3)[C@@H]2C1=O. The van der Waals surface area contributed by atoms with Crippen molar-refractivity contribution < 1.29 is 14.4 Å². The van der Waals surface area contributed by atoms with Gasteiger partial charge in [-0.2, -0.15) is 0 Å². The van der Waals surface area contributed by atoms with Gasteiger partial charge < -0.3 is 5.32 Å². The van der Waals surface area contributed by atoms with Crippen molar-refractivity contribution in [3.8, 4) is 0 Å². The number of amides is 3. The molecule has 2 aromatic rings. The second kappa shape index (κ2) is 7.55. The molecule has 6 heteroatoms. The van der Waals surface area contributed by atoms with E-state index in [0.717, 1.165) is 24.8 Å². The fraction of sp³-hybridized carbons (Fsp3) is 0.375. The average molecular weight is 423 g/mol. The minimum atomic E-state index is -0.878. The van der Waals surface area contributed by atoms with E-state index in [1.807, 2.05) is 30.3 Å². The van der Waals surface area contributed by atoms with Crippen LogP contribution >= 0.6 is 11.6 Å². The molecule has 3 fully saturated rings. The van der Waals surface area contributed by atoms with Crippen LogP contribution in [0.15, 0.2) is 54.6 Å². The van der Waals surface area contributed by atoms with Gasteiger partial charge in [-0.1, -0.05) is 48.0 Å². The van der Waals surface area contributed by atoms with Crippen LogP contribution in [0.1, 0.15) is 24.8 Å². The molecule has 1 aliphatic heterocycles. The normalized spacial score (nSPS) is 28.0. The lowest BCUT2D eigenvalue weighted by Crippen LogP contribution is -2.49. The van der Waals surface area contributed by atoms with E-state index in [2.05, 4.69) is 5.32 Å². The van der Waals surface area contributed by atoms with Gasteiger partial charge >= 0.3 is 0 Å². The summed E-state index contributed by atoms with van der Waals surface area (Å²) in [5, 5.41) is 3.36. The highest BCUT2D eigenvalue weighted by Crippen LogP contribution is 2.56. The summed E-state index contributed by atoms with van der Waals surface area (Å²) in [4.78, 5) is 41.2. The number of rotatable bonds is 5. The zero-order chi connectivity index (χ0) is 20.8. The summed E-state index contributed by atoms with van der Waals surface area (Å²) >= 11 is 6.04. The van der Waals surface area contributed by atoms with Crippen molar-refractivity contribution >= 4 is 35.0 Å².